The fraction of sp³-hybridized carbons (Fsp3) is 0.556. The third-order valence-electron chi connectivity index (χ3n) is 4.82. The largest absolute Gasteiger partial charge is 0.465 e. The molecule has 2 N–H and O–H groups in total. The lowest BCUT2D eigenvalue weighted by atomic mass is 9.65. The van der Waals surface area contributed by atoms with Gasteiger partial charge in [-0.15, -0.1) is 0 Å². The molecule has 144 valence electrons. The molecule has 8 heteroatoms. The molecule has 2 unspecified atom stereocenters. The van der Waals surface area contributed by atoms with Crippen LogP contribution in [0.4, 0.5) is 4.79 Å². The van der Waals surface area contributed by atoms with Gasteiger partial charge >= 0.3 is 12.1 Å². The molecule has 1 aromatic rings. The van der Waals surface area contributed by atoms with Crippen LogP contribution < -0.4 is 0 Å². The van der Waals surface area contributed by atoms with Gasteiger partial charge in [0.15, 0.2) is 0 Å². The van der Waals surface area contributed by atoms with Gasteiger partial charge in [-0.25, -0.2) is 9.59 Å². The van der Waals surface area contributed by atoms with E-state index in [0.717, 1.165) is 0 Å². The number of ether oxygens (including phenoxy) is 2. The summed E-state index contributed by atoms with van der Waals surface area (Å²) < 4.78 is 10.3. The average molecular weight is 386 g/mol. The van der Waals surface area contributed by atoms with Gasteiger partial charge in [-0.2, -0.15) is 0 Å². The van der Waals surface area contributed by atoms with Crippen LogP contribution in [0.3, 0.4) is 0 Å². The highest BCUT2D eigenvalue weighted by atomic mass is 35.5. The summed E-state index contributed by atoms with van der Waals surface area (Å²) in [5, 5.41) is 21.3. The fourth-order valence-corrected chi connectivity index (χ4v) is 3.46. The van der Waals surface area contributed by atoms with Crippen molar-refractivity contribution in [1.82, 2.24) is 4.90 Å². The standard InChI is InChI=1S/C18H24ClNO6/c1-3-26-15(21)10-25-12-17(2)11-20(16(22)23)9-8-18(17,24)13-4-6-14(19)7-5-13/h4-7,24H,3,8-12H2,1-2H3,(H,22,23). The maximum absolute atomic E-state index is 11.5. The minimum atomic E-state index is -1.32. The number of piperidine rings is 1. The maximum Gasteiger partial charge on any atom is 0.407 e. The minimum Gasteiger partial charge on any atom is -0.465 e. The van der Waals surface area contributed by atoms with Crippen LogP contribution in [-0.2, 0) is 19.9 Å². The summed E-state index contributed by atoms with van der Waals surface area (Å²) in [5.41, 5.74) is -1.64. The van der Waals surface area contributed by atoms with Gasteiger partial charge in [-0.3, -0.25) is 0 Å². The average Bonchev–Trinajstić information content (AvgIpc) is 2.58. The zero-order valence-corrected chi connectivity index (χ0v) is 15.7. The molecule has 2 rings (SSSR count). The summed E-state index contributed by atoms with van der Waals surface area (Å²) in [5.74, 6) is -0.503. The second-order valence-corrected chi connectivity index (χ2v) is 7.12. The number of carboxylic acid groups (broad SMARTS) is 1. The Morgan fingerprint density at radius 1 is 1.31 bits per heavy atom. The summed E-state index contributed by atoms with van der Waals surface area (Å²) >= 11 is 5.94. The molecular weight excluding hydrogens is 362 g/mol. The molecule has 26 heavy (non-hydrogen) atoms. The first-order valence-electron chi connectivity index (χ1n) is 8.41. The second-order valence-electron chi connectivity index (χ2n) is 6.68. The molecule has 1 aliphatic rings. The summed E-state index contributed by atoms with van der Waals surface area (Å²) in [4.78, 5) is 24.2. The molecular formula is C18H24ClNO6. The molecule has 7 nitrogen and oxygen atoms in total. The fourth-order valence-electron chi connectivity index (χ4n) is 3.34. The third-order valence-corrected chi connectivity index (χ3v) is 5.07. The highest BCUT2D eigenvalue weighted by Crippen LogP contribution is 2.46. The topological polar surface area (TPSA) is 96.3 Å². The van der Waals surface area contributed by atoms with E-state index in [2.05, 4.69) is 0 Å². The molecule has 1 fully saturated rings. The van der Waals surface area contributed by atoms with Crippen LogP contribution in [0, 0.1) is 5.41 Å². The van der Waals surface area contributed by atoms with Crippen molar-refractivity contribution in [3.05, 3.63) is 34.9 Å². The van der Waals surface area contributed by atoms with E-state index in [0.29, 0.717) is 10.6 Å². The van der Waals surface area contributed by atoms with Crippen LogP contribution in [0.25, 0.3) is 0 Å². The molecule has 1 saturated heterocycles. The van der Waals surface area contributed by atoms with E-state index in [4.69, 9.17) is 21.1 Å². The SMILES string of the molecule is CCOC(=O)COCC1(C)CN(C(=O)O)CCC1(O)c1ccc(Cl)cc1. The van der Waals surface area contributed by atoms with Crippen LogP contribution >= 0.6 is 11.6 Å². The van der Waals surface area contributed by atoms with Gasteiger partial charge in [0.2, 0.25) is 0 Å². The van der Waals surface area contributed by atoms with Gasteiger partial charge in [-0.1, -0.05) is 30.7 Å². The normalized spacial score (nSPS) is 25.8. The molecule has 0 bridgehead atoms. The molecule has 0 spiro atoms. The Bertz CT molecular complexity index is 652. The molecule has 1 amide bonds. The van der Waals surface area contributed by atoms with E-state index in [9.17, 15) is 19.8 Å². The van der Waals surface area contributed by atoms with Crippen LogP contribution in [0.1, 0.15) is 25.8 Å². The van der Waals surface area contributed by atoms with E-state index in [1.807, 2.05) is 0 Å². The van der Waals surface area contributed by atoms with Gasteiger partial charge in [0, 0.05) is 23.5 Å². The summed E-state index contributed by atoms with van der Waals surface area (Å²) in [6.45, 7) is 3.71. The molecule has 1 aliphatic heterocycles. The summed E-state index contributed by atoms with van der Waals surface area (Å²) in [6, 6.07) is 6.81. The Morgan fingerprint density at radius 3 is 2.54 bits per heavy atom. The number of amides is 1. The molecule has 1 aromatic carbocycles. The van der Waals surface area contributed by atoms with Crippen molar-refractivity contribution >= 4 is 23.7 Å². The summed E-state index contributed by atoms with van der Waals surface area (Å²) in [7, 11) is 0. The quantitative estimate of drug-likeness (QED) is 0.730. The predicted octanol–water partition coefficient (Wildman–Crippen LogP) is 2.50. The third kappa shape index (κ3) is 4.28. The number of carbonyl (C=O) groups is 2. The monoisotopic (exact) mass is 385 g/mol. The van der Waals surface area contributed by atoms with E-state index in [-0.39, 0.29) is 39.3 Å². The van der Waals surface area contributed by atoms with E-state index in [1.165, 1.54) is 4.90 Å². The van der Waals surface area contributed by atoms with Crippen molar-refractivity contribution in [2.24, 2.45) is 5.41 Å². The lowest BCUT2D eigenvalue weighted by Crippen LogP contribution is -2.59. The van der Waals surface area contributed by atoms with Crippen LogP contribution in [0.15, 0.2) is 24.3 Å². The van der Waals surface area contributed by atoms with Crippen LogP contribution in [0.2, 0.25) is 5.02 Å². The van der Waals surface area contributed by atoms with Crippen molar-refractivity contribution in [1.29, 1.82) is 0 Å². The number of aliphatic hydroxyl groups is 1. The van der Waals surface area contributed by atoms with Gasteiger partial charge in [0.05, 0.1) is 13.2 Å². The Hall–Kier alpha value is -1.83. The Labute approximate surface area is 157 Å². The predicted molar refractivity (Wildman–Crippen MR) is 95.1 cm³/mol. The second kappa shape index (κ2) is 8.24. The highest BCUT2D eigenvalue weighted by molar-refractivity contribution is 6.30. The first kappa shape index (κ1) is 20.5. The minimum absolute atomic E-state index is 0.00524. The molecule has 2 atom stereocenters. The van der Waals surface area contributed by atoms with Gasteiger partial charge in [-0.05, 0) is 31.0 Å². The molecule has 0 radical (unpaired) electrons. The number of likely N-dealkylation sites (tertiary alicyclic amines) is 1. The van der Waals surface area contributed by atoms with E-state index >= 15 is 0 Å². The Morgan fingerprint density at radius 2 is 1.96 bits per heavy atom. The Balaban J connectivity index is 2.24. The highest BCUT2D eigenvalue weighted by Gasteiger charge is 2.53. The molecule has 0 aromatic heterocycles. The van der Waals surface area contributed by atoms with Crippen molar-refractivity contribution in [3.63, 3.8) is 0 Å². The first-order chi connectivity index (χ1) is 12.2. The number of rotatable bonds is 6. The van der Waals surface area contributed by atoms with Gasteiger partial charge in [0.1, 0.15) is 12.2 Å². The number of hydrogen-bond acceptors (Lipinski definition) is 5. The molecule has 0 saturated carbocycles. The number of hydrogen-bond donors (Lipinski definition) is 2. The zero-order chi connectivity index (χ0) is 19.4. The summed E-state index contributed by atoms with van der Waals surface area (Å²) in [6.07, 6.45) is -0.847. The van der Waals surface area contributed by atoms with Crippen molar-refractivity contribution in [3.8, 4) is 0 Å². The molecule has 1 heterocycles. The Kier molecular flexibility index (Phi) is 6.49. The number of carbonyl (C=O) groups excluding carboxylic acids is 1. The smallest absolute Gasteiger partial charge is 0.407 e. The van der Waals surface area contributed by atoms with Crippen molar-refractivity contribution in [2.75, 3.05) is 32.9 Å². The van der Waals surface area contributed by atoms with Crippen LogP contribution in [0.5, 0.6) is 0 Å². The van der Waals surface area contributed by atoms with Crippen LogP contribution in [-0.4, -0.2) is 60.1 Å². The lowest BCUT2D eigenvalue weighted by Gasteiger charge is -2.51. The molecule has 0 aliphatic carbocycles. The number of benzene rings is 1. The zero-order valence-electron chi connectivity index (χ0n) is 14.9. The van der Waals surface area contributed by atoms with Gasteiger partial charge in [0.25, 0.3) is 0 Å². The number of halogens is 1. The number of nitrogens with zero attached hydrogens (tertiary/aromatic N) is 1. The van der Waals surface area contributed by atoms with E-state index < -0.39 is 23.1 Å². The number of esters is 1. The maximum atomic E-state index is 11.5. The van der Waals surface area contributed by atoms with E-state index in [1.54, 1.807) is 38.1 Å². The van der Waals surface area contributed by atoms with Crippen molar-refractivity contribution < 1.29 is 29.3 Å². The van der Waals surface area contributed by atoms with Gasteiger partial charge < -0.3 is 24.6 Å². The lowest BCUT2D eigenvalue weighted by molar-refractivity contribution is -0.168. The first-order valence-corrected chi connectivity index (χ1v) is 8.79. The van der Waals surface area contributed by atoms with Crippen molar-refractivity contribution in [2.45, 2.75) is 25.9 Å².